The first-order chi connectivity index (χ1) is 12.5. The fraction of sp³-hybridized carbons (Fsp3) is 0.450. The zero-order chi connectivity index (χ0) is 18.5. The number of aromatic nitrogens is 1. The Bertz CT molecular complexity index is 794. The zero-order valence-corrected chi connectivity index (χ0v) is 16.2. The molecule has 0 unspecified atom stereocenters. The molecule has 0 radical (unpaired) electrons. The van der Waals surface area contributed by atoms with Crippen molar-refractivity contribution in [3.05, 3.63) is 40.4 Å². The molecule has 2 aromatic rings. The summed E-state index contributed by atoms with van der Waals surface area (Å²) in [6.45, 7) is 7.41. The van der Waals surface area contributed by atoms with E-state index < -0.39 is 0 Å². The minimum absolute atomic E-state index is 0.0396. The number of amides is 1. The van der Waals surface area contributed by atoms with Crippen molar-refractivity contribution in [1.82, 2.24) is 15.2 Å². The number of hydrogen-bond acceptors (Lipinski definition) is 5. The molecule has 0 bridgehead atoms. The third-order valence-electron chi connectivity index (χ3n) is 4.68. The lowest BCUT2D eigenvalue weighted by Crippen LogP contribution is -2.34. The summed E-state index contributed by atoms with van der Waals surface area (Å²) in [4.78, 5) is 31.8. The van der Waals surface area contributed by atoms with Crippen LogP contribution in [0.4, 0.5) is 0 Å². The second-order valence-electron chi connectivity index (χ2n) is 6.74. The molecule has 1 aromatic heterocycles. The van der Waals surface area contributed by atoms with E-state index in [0.717, 1.165) is 40.8 Å². The summed E-state index contributed by atoms with van der Waals surface area (Å²) in [5.74, 6) is 0.0812. The first-order valence-corrected chi connectivity index (χ1v) is 9.91. The summed E-state index contributed by atoms with van der Waals surface area (Å²) in [5, 5.41) is 3.86. The Balaban J connectivity index is 1.59. The highest BCUT2D eigenvalue weighted by molar-refractivity contribution is 7.15. The first kappa shape index (κ1) is 18.7. The molecule has 0 aliphatic carbocycles. The number of thiazole rings is 1. The largest absolute Gasteiger partial charge is 0.355 e. The van der Waals surface area contributed by atoms with Crippen LogP contribution in [0, 0.1) is 6.92 Å². The molecule has 0 spiro atoms. The number of carbonyl (C=O) groups is 2. The number of Topliss-reactive ketones (excluding diaryl/α,β-unsaturated/α-hetero) is 1. The summed E-state index contributed by atoms with van der Waals surface area (Å²) in [6.07, 6.45) is 2.89. The Hall–Kier alpha value is -2.05. The van der Waals surface area contributed by atoms with Crippen molar-refractivity contribution in [2.45, 2.75) is 33.1 Å². The van der Waals surface area contributed by atoms with Crippen molar-refractivity contribution in [3.63, 3.8) is 0 Å². The summed E-state index contributed by atoms with van der Waals surface area (Å²) in [6, 6.07) is 7.49. The Morgan fingerprint density at radius 3 is 2.77 bits per heavy atom. The number of aryl methyl sites for hydroxylation is 1. The van der Waals surface area contributed by atoms with Crippen molar-refractivity contribution in [2.24, 2.45) is 0 Å². The predicted octanol–water partition coefficient (Wildman–Crippen LogP) is 3.08. The highest BCUT2D eigenvalue weighted by Crippen LogP contribution is 2.29. The van der Waals surface area contributed by atoms with Crippen LogP contribution in [0.3, 0.4) is 0 Å². The van der Waals surface area contributed by atoms with Crippen LogP contribution in [-0.4, -0.2) is 47.8 Å². The lowest BCUT2D eigenvalue weighted by Gasteiger charge is -2.14. The van der Waals surface area contributed by atoms with Crippen molar-refractivity contribution in [3.8, 4) is 10.6 Å². The van der Waals surface area contributed by atoms with Gasteiger partial charge < -0.3 is 10.2 Å². The Morgan fingerprint density at radius 1 is 1.27 bits per heavy atom. The topological polar surface area (TPSA) is 62.3 Å². The van der Waals surface area contributed by atoms with Crippen molar-refractivity contribution >= 4 is 23.0 Å². The summed E-state index contributed by atoms with van der Waals surface area (Å²) in [7, 11) is 0. The molecule has 1 saturated heterocycles. The summed E-state index contributed by atoms with van der Waals surface area (Å²) >= 11 is 1.53. The fourth-order valence-corrected chi connectivity index (χ4v) is 4.21. The molecule has 1 amide bonds. The van der Waals surface area contributed by atoms with E-state index in [1.807, 2.05) is 25.1 Å². The SMILES string of the molecule is CC(=O)c1cccc(-c2nc(C)c(CC(=O)NCCN3CCCC3)s2)c1. The highest BCUT2D eigenvalue weighted by Gasteiger charge is 2.15. The fourth-order valence-electron chi connectivity index (χ4n) is 3.15. The summed E-state index contributed by atoms with van der Waals surface area (Å²) in [5.41, 5.74) is 2.48. The van der Waals surface area contributed by atoms with Gasteiger partial charge in [-0.15, -0.1) is 11.3 Å². The van der Waals surface area contributed by atoms with Crippen molar-refractivity contribution in [2.75, 3.05) is 26.2 Å². The maximum atomic E-state index is 12.2. The van der Waals surface area contributed by atoms with E-state index in [4.69, 9.17) is 0 Å². The van der Waals surface area contributed by atoms with E-state index >= 15 is 0 Å². The third-order valence-corrected chi connectivity index (χ3v) is 5.89. The van der Waals surface area contributed by atoms with Gasteiger partial charge in [0.15, 0.2) is 5.78 Å². The number of benzene rings is 1. The van der Waals surface area contributed by atoms with E-state index in [1.54, 1.807) is 13.0 Å². The van der Waals surface area contributed by atoms with Crippen LogP contribution < -0.4 is 5.32 Å². The molecule has 2 heterocycles. The van der Waals surface area contributed by atoms with Gasteiger partial charge in [0, 0.05) is 29.1 Å². The van der Waals surface area contributed by atoms with E-state index in [0.29, 0.717) is 18.5 Å². The van der Waals surface area contributed by atoms with Crippen molar-refractivity contribution < 1.29 is 9.59 Å². The number of nitrogens with zero attached hydrogens (tertiary/aromatic N) is 2. The third kappa shape index (κ3) is 4.77. The first-order valence-electron chi connectivity index (χ1n) is 9.09. The van der Waals surface area contributed by atoms with Gasteiger partial charge in [-0.3, -0.25) is 9.59 Å². The molecule has 138 valence electrons. The normalized spacial score (nSPS) is 14.5. The average molecular weight is 372 g/mol. The molecule has 0 atom stereocenters. The molecule has 1 N–H and O–H groups in total. The predicted molar refractivity (Wildman–Crippen MR) is 105 cm³/mol. The second kappa shape index (κ2) is 8.56. The van der Waals surface area contributed by atoms with E-state index in [-0.39, 0.29) is 11.7 Å². The average Bonchev–Trinajstić information content (AvgIpc) is 3.25. The monoisotopic (exact) mass is 371 g/mol. The van der Waals surface area contributed by atoms with Gasteiger partial charge >= 0.3 is 0 Å². The highest BCUT2D eigenvalue weighted by atomic mass is 32.1. The number of rotatable bonds is 7. The lowest BCUT2D eigenvalue weighted by molar-refractivity contribution is -0.120. The standard InChI is InChI=1S/C20H25N3O2S/c1-14-18(13-19(25)21-8-11-23-9-3-4-10-23)26-20(22-14)17-7-5-6-16(12-17)15(2)24/h5-7,12H,3-4,8-11,13H2,1-2H3,(H,21,25). The molecular formula is C20H25N3O2S. The molecule has 0 saturated carbocycles. The van der Waals surface area contributed by atoms with E-state index in [2.05, 4.69) is 15.2 Å². The number of likely N-dealkylation sites (tertiary alicyclic amines) is 1. The summed E-state index contributed by atoms with van der Waals surface area (Å²) < 4.78 is 0. The Kier molecular flexibility index (Phi) is 6.16. The van der Waals surface area contributed by atoms with Gasteiger partial charge in [-0.25, -0.2) is 4.98 Å². The van der Waals surface area contributed by atoms with Gasteiger partial charge in [0.05, 0.1) is 12.1 Å². The van der Waals surface area contributed by atoms with Gasteiger partial charge in [-0.1, -0.05) is 18.2 Å². The molecule has 1 aromatic carbocycles. The van der Waals surface area contributed by atoms with Gasteiger partial charge in [0.25, 0.3) is 0 Å². The van der Waals surface area contributed by atoms with Crippen molar-refractivity contribution in [1.29, 1.82) is 0 Å². The van der Waals surface area contributed by atoms with Crippen LogP contribution in [0.25, 0.3) is 10.6 Å². The van der Waals surface area contributed by atoms with E-state index in [1.165, 1.54) is 24.2 Å². The number of ketones is 1. The minimum Gasteiger partial charge on any atom is -0.355 e. The minimum atomic E-state index is 0.0396. The van der Waals surface area contributed by atoms with Crippen LogP contribution >= 0.6 is 11.3 Å². The van der Waals surface area contributed by atoms with E-state index in [9.17, 15) is 9.59 Å². The molecule has 26 heavy (non-hydrogen) atoms. The number of hydrogen-bond donors (Lipinski definition) is 1. The molecule has 1 fully saturated rings. The zero-order valence-electron chi connectivity index (χ0n) is 15.4. The molecular weight excluding hydrogens is 346 g/mol. The van der Waals surface area contributed by atoms with Gasteiger partial charge in [-0.05, 0) is 45.8 Å². The molecule has 3 rings (SSSR count). The number of nitrogens with one attached hydrogen (secondary N) is 1. The van der Waals surface area contributed by atoms with Gasteiger partial charge in [0.2, 0.25) is 5.91 Å². The van der Waals surface area contributed by atoms with Gasteiger partial charge in [0.1, 0.15) is 5.01 Å². The van der Waals surface area contributed by atoms with Crippen LogP contribution in [0.15, 0.2) is 24.3 Å². The quantitative estimate of drug-likeness (QED) is 0.760. The van der Waals surface area contributed by atoms with Crippen LogP contribution in [0.5, 0.6) is 0 Å². The maximum absolute atomic E-state index is 12.2. The van der Waals surface area contributed by atoms with Crippen LogP contribution in [0.1, 0.15) is 40.7 Å². The smallest absolute Gasteiger partial charge is 0.225 e. The lowest BCUT2D eigenvalue weighted by atomic mass is 10.1. The second-order valence-corrected chi connectivity index (χ2v) is 7.82. The van der Waals surface area contributed by atoms with Crippen LogP contribution in [0.2, 0.25) is 0 Å². The van der Waals surface area contributed by atoms with Gasteiger partial charge in [-0.2, -0.15) is 0 Å². The Morgan fingerprint density at radius 2 is 2.04 bits per heavy atom. The maximum Gasteiger partial charge on any atom is 0.225 e. The Labute approximate surface area is 158 Å². The number of carbonyl (C=O) groups excluding carboxylic acids is 2. The van der Waals surface area contributed by atoms with Crippen LogP contribution in [-0.2, 0) is 11.2 Å². The molecule has 6 heteroatoms. The molecule has 5 nitrogen and oxygen atoms in total. The molecule has 1 aliphatic heterocycles. The molecule has 1 aliphatic rings.